The second kappa shape index (κ2) is 7.22. The van der Waals surface area contributed by atoms with Gasteiger partial charge in [-0.25, -0.2) is 5.48 Å². The number of ether oxygens (including phenoxy) is 1. The maximum atomic E-state index is 11.5. The summed E-state index contributed by atoms with van der Waals surface area (Å²) in [6.45, 7) is 2.44. The van der Waals surface area contributed by atoms with Gasteiger partial charge in [-0.1, -0.05) is 30.3 Å². The molecular formula is C22H23N3O3. The zero-order valence-electron chi connectivity index (χ0n) is 15.7. The van der Waals surface area contributed by atoms with Crippen molar-refractivity contribution in [3.05, 3.63) is 71.4 Å². The first-order valence-corrected chi connectivity index (χ1v) is 9.28. The molecular weight excluding hydrogens is 354 g/mol. The summed E-state index contributed by atoms with van der Waals surface area (Å²) < 4.78 is 5.98. The van der Waals surface area contributed by atoms with E-state index in [4.69, 9.17) is 15.7 Å². The van der Waals surface area contributed by atoms with Crippen molar-refractivity contribution in [2.45, 2.75) is 31.9 Å². The topological polar surface area (TPSA) is 97.5 Å². The van der Waals surface area contributed by atoms with Gasteiger partial charge in [0.05, 0.1) is 11.4 Å². The standard InChI is InChI=1S/C22H23N3O3/c1-14-10-16(18-4-2-3-5-20(18)24-14)13-28-17-8-6-15(7-9-17)11-22(23)12-19(22)21(26)25-27/h2-10,19,27H,11-13,23H2,1H3,(H,25,26)/t19-,22+/m1/s1. The number of pyridine rings is 1. The van der Waals surface area contributed by atoms with Crippen molar-refractivity contribution in [3.63, 3.8) is 0 Å². The van der Waals surface area contributed by atoms with Crippen molar-refractivity contribution in [1.82, 2.24) is 10.5 Å². The summed E-state index contributed by atoms with van der Waals surface area (Å²) in [6, 6.07) is 17.9. The Morgan fingerprint density at radius 3 is 2.79 bits per heavy atom. The highest BCUT2D eigenvalue weighted by Gasteiger charge is 2.55. The van der Waals surface area contributed by atoms with Gasteiger partial charge in [-0.2, -0.15) is 0 Å². The molecule has 6 heteroatoms. The largest absolute Gasteiger partial charge is 0.489 e. The Morgan fingerprint density at radius 2 is 2.04 bits per heavy atom. The number of hydrogen-bond acceptors (Lipinski definition) is 5. The average molecular weight is 377 g/mol. The molecule has 4 rings (SSSR count). The number of nitrogens with two attached hydrogens (primary N) is 1. The number of hydrogen-bond donors (Lipinski definition) is 3. The van der Waals surface area contributed by atoms with Gasteiger partial charge in [-0.3, -0.25) is 15.0 Å². The first-order valence-electron chi connectivity index (χ1n) is 9.28. The van der Waals surface area contributed by atoms with Crippen molar-refractivity contribution < 1.29 is 14.7 Å². The maximum absolute atomic E-state index is 11.5. The first kappa shape index (κ1) is 18.4. The third-order valence-electron chi connectivity index (χ3n) is 5.33. The number of hydroxylamine groups is 1. The van der Waals surface area contributed by atoms with Crippen LogP contribution in [-0.2, 0) is 17.8 Å². The van der Waals surface area contributed by atoms with Gasteiger partial charge in [0.25, 0.3) is 0 Å². The Labute approximate surface area is 163 Å². The van der Waals surface area contributed by atoms with Gasteiger partial charge < -0.3 is 10.5 Å². The molecule has 1 aliphatic carbocycles. The Hall–Kier alpha value is -2.96. The van der Waals surface area contributed by atoms with Gasteiger partial charge in [-0.15, -0.1) is 0 Å². The third kappa shape index (κ3) is 3.69. The molecule has 2 aromatic carbocycles. The molecule has 1 saturated carbocycles. The maximum Gasteiger partial charge on any atom is 0.248 e. The fraction of sp³-hybridized carbons (Fsp3) is 0.273. The average Bonchev–Trinajstić information content (AvgIpc) is 3.37. The van der Waals surface area contributed by atoms with Crippen LogP contribution in [0.15, 0.2) is 54.6 Å². The van der Waals surface area contributed by atoms with Crippen LogP contribution in [-0.4, -0.2) is 21.6 Å². The minimum absolute atomic E-state index is 0.336. The van der Waals surface area contributed by atoms with Crippen molar-refractivity contribution in [1.29, 1.82) is 0 Å². The van der Waals surface area contributed by atoms with Gasteiger partial charge in [0.2, 0.25) is 5.91 Å². The third-order valence-corrected chi connectivity index (χ3v) is 5.33. The van der Waals surface area contributed by atoms with Crippen molar-refractivity contribution in [2.75, 3.05) is 0 Å². The van der Waals surface area contributed by atoms with E-state index in [-0.39, 0.29) is 5.92 Å². The number of aryl methyl sites for hydroxylation is 1. The molecule has 0 saturated heterocycles. The molecule has 144 valence electrons. The van der Waals surface area contributed by atoms with E-state index in [0.29, 0.717) is 19.4 Å². The van der Waals surface area contributed by atoms with Crippen molar-refractivity contribution in [3.8, 4) is 5.75 Å². The number of amides is 1. The van der Waals surface area contributed by atoms with Gasteiger partial charge >= 0.3 is 0 Å². The molecule has 28 heavy (non-hydrogen) atoms. The fourth-order valence-corrected chi connectivity index (χ4v) is 3.71. The number of benzene rings is 2. The second-order valence-electron chi connectivity index (χ2n) is 7.52. The van der Waals surface area contributed by atoms with E-state index >= 15 is 0 Å². The molecule has 4 N–H and O–H groups in total. The molecule has 1 heterocycles. The number of nitrogens with one attached hydrogen (secondary N) is 1. The van der Waals surface area contributed by atoms with E-state index in [2.05, 4.69) is 11.1 Å². The monoisotopic (exact) mass is 377 g/mol. The molecule has 1 fully saturated rings. The predicted molar refractivity (Wildman–Crippen MR) is 106 cm³/mol. The molecule has 0 radical (unpaired) electrons. The molecule has 1 amide bonds. The number of nitrogens with zero attached hydrogens (tertiary/aromatic N) is 1. The molecule has 0 bridgehead atoms. The predicted octanol–water partition coefficient (Wildman–Crippen LogP) is 2.89. The minimum atomic E-state index is -0.581. The highest BCUT2D eigenvalue weighted by molar-refractivity contribution is 5.83. The molecule has 2 atom stereocenters. The summed E-state index contributed by atoms with van der Waals surface area (Å²) in [5.74, 6) is 0.0211. The molecule has 0 spiro atoms. The van der Waals surface area contributed by atoms with Gasteiger partial charge in [-0.05, 0) is 49.6 Å². The molecule has 6 nitrogen and oxygen atoms in total. The summed E-state index contributed by atoms with van der Waals surface area (Å²) >= 11 is 0. The number of fused-ring (bicyclic) bond motifs is 1. The Morgan fingerprint density at radius 1 is 1.29 bits per heavy atom. The second-order valence-corrected chi connectivity index (χ2v) is 7.52. The van der Waals surface area contributed by atoms with Crippen LogP contribution in [0.25, 0.3) is 10.9 Å². The lowest BCUT2D eigenvalue weighted by molar-refractivity contribution is -0.130. The molecule has 0 unspecified atom stereocenters. The molecule has 1 aromatic heterocycles. The SMILES string of the molecule is Cc1cc(COc2ccc(C[C@]3(N)C[C@@H]3C(=O)NO)cc2)c2ccccc2n1. The summed E-state index contributed by atoms with van der Waals surface area (Å²) in [6.07, 6.45) is 1.16. The highest BCUT2D eigenvalue weighted by atomic mass is 16.5. The van der Waals surface area contributed by atoms with Crippen LogP contribution in [0.1, 0.15) is 23.2 Å². The van der Waals surface area contributed by atoms with Crippen LogP contribution in [0.2, 0.25) is 0 Å². The summed E-state index contributed by atoms with van der Waals surface area (Å²) in [5, 5.41) is 9.83. The zero-order valence-corrected chi connectivity index (χ0v) is 15.7. The van der Waals surface area contributed by atoms with Gasteiger partial charge in [0.1, 0.15) is 12.4 Å². The number of para-hydroxylation sites is 1. The smallest absolute Gasteiger partial charge is 0.248 e. The van der Waals surface area contributed by atoms with Crippen molar-refractivity contribution >= 4 is 16.8 Å². The zero-order chi connectivity index (χ0) is 19.7. The van der Waals surface area contributed by atoms with Crippen LogP contribution in [0, 0.1) is 12.8 Å². The summed E-state index contributed by atoms with van der Waals surface area (Å²) in [7, 11) is 0. The number of carbonyl (C=O) groups excluding carboxylic acids is 1. The van der Waals surface area contributed by atoms with Crippen LogP contribution in [0.4, 0.5) is 0 Å². The van der Waals surface area contributed by atoms with E-state index in [9.17, 15) is 4.79 Å². The van der Waals surface area contributed by atoms with Crippen LogP contribution >= 0.6 is 0 Å². The van der Waals surface area contributed by atoms with Gasteiger partial charge in [0.15, 0.2) is 0 Å². The first-order chi connectivity index (χ1) is 13.5. The van der Waals surface area contributed by atoms with E-state index < -0.39 is 11.4 Å². The quantitative estimate of drug-likeness (QED) is 0.453. The van der Waals surface area contributed by atoms with E-state index in [1.165, 1.54) is 0 Å². The molecule has 0 aliphatic heterocycles. The van der Waals surface area contributed by atoms with Crippen LogP contribution < -0.4 is 16.0 Å². The molecule has 1 aliphatic rings. The van der Waals surface area contributed by atoms with E-state index in [1.54, 1.807) is 5.48 Å². The number of aromatic nitrogens is 1. The fourth-order valence-electron chi connectivity index (χ4n) is 3.71. The number of rotatable bonds is 6. The Kier molecular flexibility index (Phi) is 4.75. The van der Waals surface area contributed by atoms with Crippen LogP contribution in [0.5, 0.6) is 5.75 Å². The lowest BCUT2D eigenvalue weighted by Gasteiger charge is -2.13. The molecule has 3 aromatic rings. The Bertz CT molecular complexity index is 1020. The van der Waals surface area contributed by atoms with E-state index in [0.717, 1.165) is 33.5 Å². The summed E-state index contributed by atoms with van der Waals surface area (Å²) in [4.78, 5) is 16.1. The Balaban J connectivity index is 1.41. The number of carbonyl (C=O) groups is 1. The lowest BCUT2D eigenvalue weighted by Crippen LogP contribution is -2.34. The van der Waals surface area contributed by atoms with Crippen molar-refractivity contribution in [2.24, 2.45) is 11.7 Å². The normalized spacial score (nSPS) is 20.8. The van der Waals surface area contributed by atoms with Gasteiger partial charge in [0, 0.05) is 22.2 Å². The summed E-state index contributed by atoms with van der Waals surface area (Å²) in [5.41, 5.74) is 11.4. The van der Waals surface area contributed by atoms with E-state index in [1.807, 2.05) is 55.5 Å². The van der Waals surface area contributed by atoms with Crippen LogP contribution in [0.3, 0.4) is 0 Å². The highest BCUT2D eigenvalue weighted by Crippen LogP contribution is 2.43. The lowest BCUT2D eigenvalue weighted by atomic mass is 10.0. The minimum Gasteiger partial charge on any atom is -0.489 e.